The van der Waals surface area contributed by atoms with Gasteiger partial charge in [-0.15, -0.1) is 0 Å². The van der Waals surface area contributed by atoms with E-state index in [1.165, 1.54) is 29.2 Å². The first-order valence-corrected chi connectivity index (χ1v) is 6.84. The van der Waals surface area contributed by atoms with Crippen molar-refractivity contribution in [1.82, 2.24) is 4.98 Å². The molecule has 1 aromatic heterocycles. The summed E-state index contributed by atoms with van der Waals surface area (Å²) >= 11 is 0. The highest BCUT2D eigenvalue weighted by Crippen LogP contribution is 2.33. The minimum absolute atomic E-state index is 0.00391. The SMILES string of the molecule is N#Cc1nc(-c2ccc(F)cc2)oc1N1CC(O)CC1C(=O)O. The molecule has 3 rings (SSSR count). The molecule has 2 N–H and O–H groups in total. The van der Waals surface area contributed by atoms with E-state index in [2.05, 4.69) is 4.98 Å². The molecule has 0 spiro atoms. The Bertz CT molecular complexity index is 781. The minimum atomic E-state index is -1.12. The maximum atomic E-state index is 13.0. The van der Waals surface area contributed by atoms with Crippen LogP contribution in [0.1, 0.15) is 12.1 Å². The molecule has 1 aliphatic heterocycles. The average Bonchev–Trinajstić information content (AvgIpc) is 3.11. The number of hydrogen-bond acceptors (Lipinski definition) is 6. The maximum Gasteiger partial charge on any atom is 0.326 e. The van der Waals surface area contributed by atoms with E-state index in [9.17, 15) is 24.7 Å². The molecule has 2 aromatic rings. The Morgan fingerprint density at radius 3 is 2.74 bits per heavy atom. The number of aliphatic carboxylic acids is 1. The second kappa shape index (κ2) is 5.70. The van der Waals surface area contributed by atoms with E-state index in [4.69, 9.17) is 4.42 Å². The highest BCUT2D eigenvalue weighted by atomic mass is 19.1. The Hall–Kier alpha value is -2.92. The third kappa shape index (κ3) is 2.74. The Kier molecular flexibility index (Phi) is 3.72. The van der Waals surface area contributed by atoms with Gasteiger partial charge in [0.05, 0.1) is 6.10 Å². The lowest BCUT2D eigenvalue weighted by Gasteiger charge is -2.19. The molecule has 0 aliphatic carbocycles. The molecule has 23 heavy (non-hydrogen) atoms. The van der Waals surface area contributed by atoms with Crippen molar-refractivity contribution in [2.75, 3.05) is 11.4 Å². The van der Waals surface area contributed by atoms with Crippen LogP contribution in [0.3, 0.4) is 0 Å². The normalized spacial score (nSPS) is 20.5. The third-order valence-electron chi connectivity index (χ3n) is 3.63. The summed E-state index contributed by atoms with van der Waals surface area (Å²) < 4.78 is 18.5. The number of rotatable bonds is 3. The lowest BCUT2D eigenvalue weighted by Crippen LogP contribution is -2.36. The van der Waals surface area contributed by atoms with Crippen LogP contribution in [0.5, 0.6) is 0 Å². The molecular formula is C15H12FN3O4. The van der Waals surface area contributed by atoms with Gasteiger partial charge in [-0.2, -0.15) is 10.2 Å². The standard InChI is InChI=1S/C15H12FN3O4/c16-9-3-1-8(2-4-9)13-18-11(6-17)14(23-13)19-7-10(20)5-12(19)15(21)22/h1-4,10,12,20H,5,7H2,(H,21,22). The zero-order chi connectivity index (χ0) is 16.6. The lowest BCUT2D eigenvalue weighted by molar-refractivity contribution is -0.138. The van der Waals surface area contributed by atoms with Crippen molar-refractivity contribution >= 4 is 11.9 Å². The highest BCUT2D eigenvalue weighted by Gasteiger charge is 2.39. The number of β-amino-alcohol motifs (C(OH)–C–C–N with tert-alkyl or cyclic N) is 1. The van der Waals surface area contributed by atoms with Crippen LogP contribution in [-0.4, -0.2) is 39.9 Å². The van der Waals surface area contributed by atoms with E-state index in [1.807, 2.05) is 6.07 Å². The monoisotopic (exact) mass is 317 g/mol. The molecule has 1 saturated heterocycles. The molecule has 7 nitrogen and oxygen atoms in total. The molecule has 0 bridgehead atoms. The minimum Gasteiger partial charge on any atom is -0.480 e. The number of carboxylic acids is 1. The maximum absolute atomic E-state index is 13.0. The fraction of sp³-hybridized carbons (Fsp3) is 0.267. The molecule has 1 aliphatic rings. The number of hydrogen-bond donors (Lipinski definition) is 2. The van der Waals surface area contributed by atoms with E-state index in [0.717, 1.165) is 0 Å². The number of halogens is 1. The Labute approximate surface area is 130 Å². The van der Waals surface area contributed by atoms with Crippen LogP contribution in [0.2, 0.25) is 0 Å². The van der Waals surface area contributed by atoms with Gasteiger partial charge in [-0.25, -0.2) is 9.18 Å². The van der Waals surface area contributed by atoms with Crippen LogP contribution < -0.4 is 4.90 Å². The summed E-state index contributed by atoms with van der Waals surface area (Å²) in [5.74, 6) is -1.46. The van der Waals surface area contributed by atoms with Gasteiger partial charge in [0.1, 0.15) is 17.9 Å². The Morgan fingerprint density at radius 1 is 1.43 bits per heavy atom. The van der Waals surface area contributed by atoms with Crippen molar-refractivity contribution in [3.8, 4) is 17.5 Å². The lowest BCUT2D eigenvalue weighted by atomic mass is 10.2. The van der Waals surface area contributed by atoms with E-state index >= 15 is 0 Å². The Morgan fingerprint density at radius 2 is 2.13 bits per heavy atom. The van der Waals surface area contributed by atoms with Gasteiger partial charge in [0.15, 0.2) is 0 Å². The average molecular weight is 317 g/mol. The number of nitrogens with zero attached hydrogens (tertiary/aromatic N) is 3. The predicted octanol–water partition coefficient (Wildman–Crippen LogP) is 1.38. The van der Waals surface area contributed by atoms with Crippen molar-refractivity contribution in [3.63, 3.8) is 0 Å². The number of nitriles is 1. The van der Waals surface area contributed by atoms with Crippen molar-refractivity contribution in [2.45, 2.75) is 18.6 Å². The van der Waals surface area contributed by atoms with E-state index in [0.29, 0.717) is 5.56 Å². The predicted molar refractivity (Wildman–Crippen MR) is 76.0 cm³/mol. The van der Waals surface area contributed by atoms with Gasteiger partial charge in [-0.05, 0) is 24.3 Å². The quantitative estimate of drug-likeness (QED) is 0.879. The fourth-order valence-corrected chi connectivity index (χ4v) is 2.57. The molecular weight excluding hydrogens is 305 g/mol. The second-order valence-corrected chi connectivity index (χ2v) is 5.19. The summed E-state index contributed by atoms with van der Waals surface area (Å²) in [6, 6.07) is 6.20. The van der Waals surface area contributed by atoms with Crippen molar-refractivity contribution in [2.24, 2.45) is 0 Å². The van der Waals surface area contributed by atoms with E-state index in [1.54, 1.807) is 0 Å². The van der Waals surface area contributed by atoms with E-state index < -0.39 is 23.9 Å². The van der Waals surface area contributed by atoms with Gasteiger partial charge in [0, 0.05) is 18.5 Å². The summed E-state index contributed by atoms with van der Waals surface area (Å²) in [7, 11) is 0. The number of benzene rings is 1. The van der Waals surface area contributed by atoms with Crippen molar-refractivity contribution < 1.29 is 23.8 Å². The van der Waals surface area contributed by atoms with Crippen LogP contribution in [0, 0.1) is 17.1 Å². The third-order valence-corrected chi connectivity index (χ3v) is 3.63. The first-order valence-electron chi connectivity index (χ1n) is 6.84. The summed E-state index contributed by atoms with van der Waals surface area (Å²) in [6.07, 6.45) is -0.797. The van der Waals surface area contributed by atoms with Crippen molar-refractivity contribution in [3.05, 3.63) is 35.8 Å². The first kappa shape index (κ1) is 15.0. The van der Waals surface area contributed by atoms with Gasteiger partial charge >= 0.3 is 5.97 Å². The number of carboxylic acid groups (broad SMARTS) is 1. The first-order chi connectivity index (χ1) is 11.0. The molecule has 1 aromatic carbocycles. The zero-order valence-electron chi connectivity index (χ0n) is 11.8. The van der Waals surface area contributed by atoms with Gasteiger partial charge in [0.2, 0.25) is 17.5 Å². The van der Waals surface area contributed by atoms with Gasteiger partial charge in [-0.3, -0.25) is 0 Å². The molecule has 0 amide bonds. The van der Waals surface area contributed by atoms with Gasteiger partial charge < -0.3 is 19.5 Å². The van der Waals surface area contributed by atoms with Crippen molar-refractivity contribution in [1.29, 1.82) is 5.26 Å². The van der Waals surface area contributed by atoms with E-state index in [-0.39, 0.29) is 30.4 Å². The second-order valence-electron chi connectivity index (χ2n) is 5.19. The number of anilines is 1. The van der Waals surface area contributed by atoms with Crippen LogP contribution in [0.25, 0.3) is 11.5 Å². The smallest absolute Gasteiger partial charge is 0.326 e. The number of oxazole rings is 1. The number of aliphatic hydroxyl groups is 1. The summed E-state index contributed by atoms with van der Waals surface area (Å²) in [4.78, 5) is 16.6. The molecule has 2 unspecified atom stereocenters. The molecule has 0 saturated carbocycles. The van der Waals surface area contributed by atoms with Crippen LogP contribution in [0.15, 0.2) is 28.7 Å². The summed E-state index contributed by atoms with van der Waals surface area (Å²) in [5.41, 5.74) is 0.380. The summed E-state index contributed by atoms with van der Waals surface area (Å²) in [5, 5.41) is 28.2. The molecule has 1 fully saturated rings. The number of aliphatic hydroxyl groups excluding tert-OH is 1. The fourth-order valence-electron chi connectivity index (χ4n) is 2.57. The number of aromatic nitrogens is 1. The summed E-state index contributed by atoms with van der Waals surface area (Å²) in [6.45, 7) is 0.0314. The molecule has 118 valence electrons. The number of carbonyl (C=O) groups is 1. The molecule has 0 radical (unpaired) electrons. The highest BCUT2D eigenvalue weighted by molar-refractivity contribution is 5.79. The molecule has 2 heterocycles. The van der Waals surface area contributed by atoms with Gasteiger partial charge in [-0.1, -0.05) is 0 Å². The largest absolute Gasteiger partial charge is 0.480 e. The molecule has 2 atom stereocenters. The van der Waals surface area contributed by atoms with Crippen LogP contribution in [0.4, 0.5) is 10.3 Å². The van der Waals surface area contributed by atoms with Crippen LogP contribution in [-0.2, 0) is 4.79 Å². The van der Waals surface area contributed by atoms with Gasteiger partial charge in [0.25, 0.3) is 0 Å². The zero-order valence-corrected chi connectivity index (χ0v) is 11.8. The Balaban J connectivity index is 2.01. The molecule has 8 heteroatoms. The van der Waals surface area contributed by atoms with Crippen LogP contribution >= 0.6 is 0 Å². The topological polar surface area (TPSA) is 111 Å².